The number of rotatable bonds is 5. The number of carbonyl (C=O) groups excluding carboxylic acids is 1. The molecular formula is C20H26N6O2. The lowest BCUT2D eigenvalue weighted by Gasteiger charge is -2.28. The molecule has 2 aromatic heterocycles. The normalized spacial score (nSPS) is 16.6. The molecule has 0 bridgehead atoms. The van der Waals surface area contributed by atoms with Gasteiger partial charge in [-0.3, -0.25) is 9.78 Å². The standard InChI is InChI=1S/C20H26N6O2/c1-14(2)26-13-16-17(19(26)27)22-20(25-7-9-28-10-8-25)23-18(16)24(3)12-15-5-4-6-21-11-15/h4-6,11,14H,7-10,12-13H2,1-3H3. The Hall–Kier alpha value is -2.74. The Balaban J connectivity index is 1.72. The predicted molar refractivity (Wildman–Crippen MR) is 106 cm³/mol. The molecule has 0 radical (unpaired) electrons. The van der Waals surface area contributed by atoms with Gasteiger partial charge in [0.25, 0.3) is 5.91 Å². The summed E-state index contributed by atoms with van der Waals surface area (Å²) in [7, 11) is 2.00. The lowest BCUT2D eigenvalue weighted by Crippen LogP contribution is -2.38. The highest BCUT2D eigenvalue weighted by atomic mass is 16.5. The minimum Gasteiger partial charge on any atom is -0.378 e. The molecule has 1 fully saturated rings. The molecule has 28 heavy (non-hydrogen) atoms. The molecule has 0 unspecified atom stereocenters. The first-order chi connectivity index (χ1) is 13.5. The van der Waals surface area contributed by atoms with Crippen molar-refractivity contribution in [3.8, 4) is 0 Å². The molecule has 8 heteroatoms. The number of morpholine rings is 1. The Bertz CT molecular complexity index is 851. The highest BCUT2D eigenvalue weighted by molar-refractivity contribution is 5.98. The number of pyridine rings is 1. The van der Waals surface area contributed by atoms with Gasteiger partial charge in [-0.1, -0.05) is 6.07 Å². The van der Waals surface area contributed by atoms with Gasteiger partial charge in [0.05, 0.1) is 19.8 Å². The molecule has 1 amide bonds. The van der Waals surface area contributed by atoms with Crippen molar-refractivity contribution in [2.45, 2.75) is 33.0 Å². The summed E-state index contributed by atoms with van der Waals surface area (Å²) in [4.78, 5) is 32.7. The topological polar surface area (TPSA) is 74.7 Å². The lowest BCUT2D eigenvalue weighted by molar-refractivity contribution is 0.0726. The molecule has 4 rings (SSSR count). The van der Waals surface area contributed by atoms with Crippen LogP contribution < -0.4 is 9.80 Å². The van der Waals surface area contributed by atoms with Crippen molar-refractivity contribution in [2.24, 2.45) is 0 Å². The number of nitrogens with zero attached hydrogens (tertiary/aromatic N) is 6. The number of aromatic nitrogens is 3. The van der Waals surface area contributed by atoms with Crippen LogP contribution in [0.1, 0.15) is 35.5 Å². The van der Waals surface area contributed by atoms with Crippen LogP contribution in [0.15, 0.2) is 24.5 Å². The van der Waals surface area contributed by atoms with Crippen molar-refractivity contribution >= 4 is 17.7 Å². The van der Waals surface area contributed by atoms with Gasteiger partial charge in [0.15, 0.2) is 0 Å². The predicted octanol–water partition coefficient (Wildman–Crippen LogP) is 1.71. The number of fused-ring (bicyclic) bond motifs is 1. The van der Waals surface area contributed by atoms with Gasteiger partial charge in [0.1, 0.15) is 11.5 Å². The van der Waals surface area contributed by atoms with Crippen LogP contribution in [0.2, 0.25) is 0 Å². The maximum atomic E-state index is 13.0. The van der Waals surface area contributed by atoms with E-state index in [9.17, 15) is 4.79 Å². The van der Waals surface area contributed by atoms with E-state index in [0.29, 0.717) is 37.9 Å². The Morgan fingerprint density at radius 3 is 2.71 bits per heavy atom. The summed E-state index contributed by atoms with van der Waals surface area (Å²) >= 11 is 0. The van der Waals surface area contributed by atoms with Crippen molar-refractivity contribution in [1.29, 1.82) is 0 Å². The fraction of sp³-hybridized carbons (Fsp3) is 0.500. The van der Waals surface area contributed by atoms with E-state index in [4.69, 9.17) is 9.72 Å². The molecule has 8 nitrogen and oxygen atoms in total. The van der Waals surface area contributed by atoms with E-state index in [1.807, 2.05) is 44.1 Å². The zero-order valence-corrected chi connectivity index (χ0v) is 16.6. The molecule has 0 atom stereocenters. The molecule has 2 aliphatic heterocycles. The lowest BCUT2D eigenvalue weighted by atomic mass is 10.2. The third-order valence-electron chi connectivity index (χ3n) is 5.19. The summed E-state index contributed by atoms with van der Waals surface area (Å²) < 4.78 is 5.45. The summed E-state index contributed by atoms with van der Waals surface area (Å²) in [6, 6.07) is 4.08. The third-order valence-corrected chi connectivity index (χ3v) is 5.19. The molecule has 4 heterocycles. The third kappa shape index (κ3) is 3.52. The summed E-state index contributed by atoms with van der Waals surface area (Å²) in [5.74, 6) is 1.40. The molecule has 1 saturated heterocycles. The number of carbonyl (C=O) groups is 1. The molecule has 2 aromatic rings. The second kappa shape index (κ2) is 7.71. The van der Waals surface area contributed by atoms with E-state index in [1.54, 1.807) is 6.20 Å². The Labute approximate surface area is 165 Å². The highest BCUT2D eigenvalue weighted by Gasteiger charge is 2.35. The zero-order chi connectivity index (χ0) is 19.7. The van der Waals surface area contributed by atoms with E-state index >= 15 is 0 Å². The van der Waals surface area contributed by atoms with Gasteiger partial charge in [-0.05, 0) is 25.5 Å². The van der Waals surface area contributed by atoms with E-state index in [0.717, 1.165) is 30.0 Å². The van der Waals surface area contributed by atoms with Crippen LogP contribution in [0.3, 0.4) is 0 Å². The van der Waals surface area contributed by atoms with E-state index in [1.165, 1.54) is 0 Å². The highest BCUT2D eigenvalue weighted by Crippen LogP contribution is 2.32. The van der Waals surface area contributed by atoms with Gasteiger partial charge in [-0.25, -0.2) is 4.98 Å². The van der Waals surface area contributed by atoms with Crippen LogP contribution >= 0.6 is 0 Å². The maximum absolute atomic E-state index is 13.0. The second-order valence-corrected chi connectivity index (χ2v) is 7.52. The molecular weight excluding hydrogens is 356 g/mol. The number of anilines is 2. The zero-order valence-electron chi connectivity index (χ0n) is 16.6. The summed E-state index contributed by atoms with van der Waals surface area (Å²) in [5, 5.41) is 0. The van der Waals surface area contributed by atoms with Crippen molar-refractivity contribution in [2.75, 3.05) is 43.2 Å². The molecule has 0 saturated carbocycles. The first-order valence-electron chi connectivity index (χ1n) is 9.69. The summed E-state index contributed by atoms with van der Waals surface area (Å²) in [5.41, 5.74) is 2.52. The van der Waals surface area contributed by atoms with Crippen LogP contribution in [0.5, 0.6) is 0 Å². The summed E-state index contributed by atoms with van der Waals surface area (Å²) in [6.45, 7) is 8.01. The van der Waals surface area contributed by atoms with Gasteiger partial charge in [0, 0.05) is 50.7 Å². The van der Waals surface area contributed by atoms with Crippen molar-refractivity contribution in [3.05, 3.63) is 41.3 Å². The van der Waals surface area contributed by atoms with E-state index in [-0.39, 0.29) is 11.9 Å². The Kier molecular flexibility index (Phi) is 5.13. The fourth-order valence-electron chi connectivity index (χ4n) is 3.64. The number of hydrogen-bond acceptors (Lipinski definition) is 7. The SMILES string of the molecule is CC(C)N1Cc2c(nc(N3CCOCC3)nc2N(C)Cc2cccnc2)C1=O. The van der Waals surface area contributed by atoms with Gasteiger partial charge in [-0.15, -0.1) is 0 Å². The first-order valence-corrected chi connectivity index (χ1v) is 9.69. The number of hydrogen-bond donors (Lipinski definition) is 0. The molecule has 2 aliphatic rings. The van der Waals surface area contributed by atoms with Crippen LogP contribution in [-0.4, -0.2) is 65.2 Å². The van der Waals surface area contributed by atoms with Gasteiger partial charge < -0.3 is 19.4 Å². The number of amides is 1. The van der Waals surface area contributed by atoms with Crippen molar-refractivity contribution < 1.29 is 9.53 Å². The van der Waals surface area contributed by atoms with Crippen LogP contribution in [0.4, 0.5) is 11.8 Å². The van der Waals surface area contributed by atoms with Gasteiger partial charge >= 0.3 is 0 Å². The minimum atomic E-state index is -0.0158. The molecule has 0 spiro atoms. The number of ether oxygens (including phenoxy) is 1. The summed E-state index contributed by atoms with van der Waals surface area (Å²) in [6.07, 6.45) is 3.62. The maximum Gasteiger partial charge on any atom is 0.273 e. The van der Waals surface area contributed by atoms with Crippen molar-refractivity contribution in [3.63, 3.8) is 0 Å². The van der Waals surface area contributed by atoms with E-state index < -0.39 is 0 Å². The molecule has 0 aromatic carbocycles. The Morgan fingerprint density at radius 2 is 2.04 bits per heavy atom. The monoisotopic (exact) mass is 382 g/mol. The van der Waals surface area contributed by atoms with Crippen molar-refractivity contribution in [1.82, 2.24) is 19.9 Å². The molecule has 0 N–H and O–H groups in total. The van der Waals surface area contributed by atoms with E-state index in [2.05, 4.69) is 19.8 Å². The minimum absolute atomic E-state index is 0.0158. The van der Waals surface area contributed by atoms with Crippen LogP contribution in [-0.2, 0) is 17.8 Å². The second-order valence-electron chi connectivity index (χ2n) is 7.52. The Morgan fingerprint density at radius 1 is 1.25 bits per heavy atom. The largest absolute Gasteiger partial charge is 0.378 e. The smallest absolute Gasteiger partial charge is 0.273 e. The first kappa shape index (κ1) is 18.6. The van der Waals surface area contributed by atoms with Gasteiger partial charge in [0.2, 0.25) is 5.95 Å². The van der Waals surface area contributed by atoms with Crippen LogP contribution in [0, 0.1) is 0 Å². The molecule has 0 aliphatic carbocycles. The quantitative estimate of drug-likeness (QED) is 0.779. The van der Waals surface area contributed by atoms with Gasteiger partial charge in [-0.2, -0.15) is 4.98 Å². The van der Waals surface area contributed by atoms with Crippen LogP contribution in [0.25, 0.3) is 0 Å². The fourth-order valence-corrected chi connectivity index (χ4v) is 3.64. The average molecular weight is 382 g/mol. The molecule has 148 valence electrons. The average Bonchev–Trinajstić information content (AvgIpc) is 3.05.